The Bertz CT molecular complexity index is 261. The molecular formula is C6H3BrF3NO. The van der Waals surface area contributed by atoms with Crippen LogP contribution in [0.3, 0.4) is 0 Å². The second kappa shape index (κ2) is 3.75. The van der Waals surface area contributed by atoms with Crippen molar-refractivity contribution in [1.82, 2.24) is 4.98 Å². The SMILES string of the molecule is Fc1cc(Br)cc(OC(F)F)n1. The molecule has 1 heterocycles. The lowest BCUT2D eigenvalue weighted by Gasteiger charge is -2.02. The highest BCUT2D eigenvalue weighted by Crippen LogP contribution is 2.18. The fraction of sp³-hybridized carbons (Fsp3) is 0.167. The maximum atomic E-state index is 12.4. The van der Waals surface area contributed by atoms with Gasteiger partial charge in [0.2, 0.25) is 11.8 Å². The van der Waals surface area contributed by atoms with Crippen molar-refractivity contribution in [3.63, 3.8) is 0 Å². The van der Waals surface area contributed by atoms with Crippen LogP contribution in [0, 0.1) is 5.95 Å². The zero-order chi connectivity index (χ0) is 9.14. The van der Waals surface area contributed by atoms with Crippen LogP contribution in [0.5, 0.6) is 5.88 Å². The van der Waals surface area contributed by atoms with E-state index < -0.39 is 18.4 Å². The maximum absolute atomic E-state index is 12.4. The zero-order valence-electron chi connectivity index (χ0n) is 5.60. The fourth-order valence-corrected chi connectivity index (χ4v) is 0.980. The van der Waals surface area contributed by atoms with E-state index in [0.29, 0.717) is 4.47 Å². The summed E-state index contributed by atoms with van der Waals surface area (Å²) in [5.41, 5.74) is 0. The van der Waals surface area contributed by atoms with Crippen molar-refractivity contribution in [2.75, 3.05) is 0 Å². The maximum Gasteiger partial charge on any atom is 0.388 e. The molecule has 0 amide bonds. The lowest BCUT2D eigenvalue weighted by Crippen LogP contribution is -2.04. The summed E-state index contributed by atoms with van der Waals surface area (Å²) >= 11 is 2.90. The van der Waals surface area contributed by atoms with Crippen LogP contribution >= 0.6 is 15.9 Å². The first kappa shape index (κ1) is 9.31. The smallest absolute Gasteiger partial charge is 0.388 e. The molecule has 0 aliphatic rings. The van der Waals surface area contributed by atoms with Gasteiger partial charge in [-0.2, -0.15) is 18.2 Å². The molecule has 2 nitrogen and oxygen atoms in total. The summed E-state index contributed by atoms with van der Waals surface area (Å²) in [6.07, 6.45) is 0. The van der Waals surface area contributed by atoms with Crippen molar-refractivity contribution in [2.24, 2.45) is 0 Å². The van der Waals surface area contributed by atoms with Crippen molar-refractivity contribution >= 4 is 15.9 Å². The normalized spacial score (nSPS) is 10.4. The molecule has 0 fully saturated rings. The molecule has 0 unspecified atom stereocenters. The minimum Gasteiger partial charge on any atom is -0.417 e. The first-order valence-electron chi connectivity index (χ1n) is 2.86. The Balaban J connectivity index is 2.85. The molecule has 6 heteroatoms. The summed E-state index contributed by atoms with van der Waals surface area (Å²) in [4.78, 5) is 3.08. The first-order chi connectivity index (χ1) is 5.58. The molecule has 0 aliphatic heterocycles. The van der Waals surface area contributed by atoms with Crippen molar-refractivity contribution in [3.05, 3.63) is 22.6 Å². The summed E-state index contributed by atoms with van der Waals surface area (Å²) in [7, 11) is 0. The number of nitrogens with zero attached hydrogens (tertiary/aromatic N) is 1. The Morgan fingerprint density at radius 3 is 2.58 bits per heavy atom. The van der Waals surface area contributed by atoms with Gasteiger partial charge in [0.15, 0.2) is 0 Å². The standard InChI is InChI=1S/C6H3BrF3NO/c7-3-1-4(8)11-5(2-3)12-6(9)10/h1-2,6H. The van der Waals surface area contributed by atoms with Gasteiger partial charge in [-0.3, -0.25) is 0 Å². The number of hydrogen-bond acceptors (Lipinski definition) is 2. The number of pyridine rings is 1. The van der Waals surface area contributed by atoms with Gasteiger partial charge in [-0.05, 0) is 0 Å². The molecule has 0 spiro atoms. The molecule has 0 saturated carbocycles. The summed E-state index contributed by atoms with van der Waals surface area (Å²) < 4.78 is 39.7. The Hall–Kier alpha value is -0.780. The van der Waals surface area contributed by atoms with Crippen LogP contribution in [-0.4, -0.2) is 11.6 Å². The highest BCUT2D eigenvalue weighted by molar-refractivity contribution is 9.10. The van der Waals surface area contributed by atoms with E-state index >= 15 is 0 Å². The zero-order valence-corrected chi connectivity index (χ0v) is 7.19. The third-order valence-corrected chi connectivity index (χ3v) is 1.40. The van der Waals surface area contributed by atoms with E-state index in [2.05, 4.69) is 25.7 Å². The van der Waals surface area contributed by atoms with Crippen molar-refractivity contribution in [3.8, 4) is 5.88 Å². The van der Waals surface area contributed by atoms with Gasteiger partial charge in [0.1, 0.15) is 0 Å². The van der Waals surface area contributed by atoms with Crippen LogP contribution in [0.2, 0.25) is 0 Å². The summed E-state index contributed by atoms with van der Waals surface area (Å²) in [6, 6.07) is 2.19. The Labute approximate surface area is 74.5 Å². The van der Waals surface area contributed by atoms with Gasteiger partial charge in [0.05, 0.1) is 0 Å². The van der Waals surface area contributed by atoms with Crippen LogP contribution in [-0.2, 0) is 0 Å². The Morgan fingerprint density at radius 2 is 2.08 bits per heavy atom. The first-order valence-corrected chi connectivity index (χ1v) is 3.65. The van der Waals surface area contributed by atoms with Gasteiger partial charge in [-0.25, -0.2) is 0 Å². The molecule has 0 aliphatic carbocycles. The number of aromatic nitrogens is 1. The van der Waals surface area contributed by atoms with Gasteiger partial charge in [0.25, 0.3) is 0 Å². The van der Waals surface area contributed by atoms with Crippen LogP contribution < -0.4 is 4.74 Å². The lowest BCUT2D eigenvalue weighted by atomic mass is 10.5. The van der Waals surface area contributed by atoms with Crippen LogP contribution in [0.15, 0.2) is 16.6 Å². The van der Waals surface area contributed by atoms with Crippen molar-refractivity contribution < 1.29 is 17.9 Å². The molecule has 0 N–H and O–H groups in total. The van der Waals surface area contributed by atoms with Crippen LogP contribution in [0.25, 0.3) is 0 Å². The highest BCUT2D eigenvalue weighted by Gasteiger charge is 2.07. The van der Waals surface area contributed by atoms with Gasteiger partial charge in [-0.1, -0.05) is 15.9 Å². The minimum absolute atomic E-state index is 0.297. The summed E-state index contributed by atoms with van der Waals surface area (Å²) in [5, 5.41) is 0. The van der Waals surface area contributed by atoms with Gasteiger partial charge in [0, 0.05) is 16.6 Å². The molecule has 1 aromatic rings. The third-order valence-electron chi connectivity index (χ3n) is 0.945. The molecular weight excluding hydrogens is 239 g/mol. The van der Waals surface area contributed by atoms with E-state index in [9.17, 15) is 13.2 Å². The second-order valence-electron chi connectivity index (χ2n) is 1.82. The average Bonchev–Trinajstić information content (AvgIpc) is 1.81. The molecule has 66 valence electrons. The van der Waals surface area contributed by atoms with Crippen LogP contribution in [0.1, 0.15) is 0 Å². The highest BCUT2D eigenvalue weighted by atomic mass is 79.9. The average molecular weight is 242 g/mol. The number of ether oxygens (including phenoxy) is 1. The molecule has 0 aromatic carbocycles. The largest absolute Gasteiger partial charge is 0.417 e. The van der Waals surface area contributed by atoms with Crippen molar-refractivity contribution in [2.45, 2.75) is 6.61 Å². The lowest BCUT2D eigenvalue weighted by molar-refractivity contribution is -0.0532. The molecule has 1 aromatic heterocycles. The predicted molar refractivity (Wildman–Crippen MR) is 38.5 cm³/mol. The number of rotatable bonds is 2. The Kier molecular flexibility index (Phi) is 2.91. The fourth-order valence-electron chi connectivity index (χ4n) is 0.595. The van der Waals surface area contributed by atoms with Gasteiger partial charge >= 0.3 is 6.61 Å². The van der Waals surface area contributed by atoms with Crippen molar-refractivity contribution in [1.29, 1.82) is 0 Å². The number of halogens is 4. The topological polar surface area (TPSA) is 22.1 Å². The second-order valence-corrected chi connectivity index (χ2v) is 2.74. The minimum atomic E-state index is -2.99. The number of alkyl halides is 2. The van der Waals surface area contributed by atoms with E-state index in [4.69, 9.17) is 0 Å². The molecule has 0 atom stereocenters. The monoisotopic (exact) mass is 241 g/mol. The van der Waals surface area contributed by atoms with E-state index in [0.717, 1.165) is 12.1 Å². The van der Waals surface area contributed by atoms with Gasteiger partial charge in [-0.15, -0.1) is 0 Å². The predicted octanol–water partition coefficient (Wildman–Crippen LogP) is 2.58. The molecule has 0 saturated heterocycles. The Morgan fingerprint density at radius 1 is 1.42 bits per heavy atom. The van der Waals surface area contributed by atoms with E-state index in [1.807, 2.05) is 0 Å². The third kappa shape index (κ3) is 2.69. The summed E-state index contributed by atoms with van der Waals surface area (Å²) in [6.45, 7) is -2.99. The molecule has 0 bridgehead atoms. The molecule has 12 heavy (non-hydrogen) atoms. The van der Waals surface area contributed by atoms with E-state index in [1.165, 1.54) is 0 Å². The quantitative estimate of drug-likeness (QED) is 0.743. The van der Waals surface area contributed by atoms with E-state index in [1.54, 1.807) is 0 Å². The van der Waals surface area contributed by atoms with Gasteiger partial charge < -0.3 is 4.74 Å². The summed E-state index contributed by atoms with van der Waals surface area (Å²) in [5.74, 6) is -1.32. The van der Waals surface area contributed by atoms with E-state index in [-0.39, 0.29) is 0 Å². The molecule has 1 rings (SSSR count). The molecule has 0 radical (unpaired) electrons. The number of hydrogen-bond donors (Lipinski definition) is 0. The van der Waals surface area contributed by atoms with Crippen LogP contribution in [0.4, 0.5) is 13.2 Å².